The Kier molecular flexibility index (Phi) is 7.31. The maximum Gasteiger partial charge on any atom is 0.325 e. The molecule has 1 saturated carbocycles. The van der Waals surface area contributed by atoms with E-state index in [0.29, 0.717) is 31.3 Å². The fourth-order valence-corrected chi connectivity index (χ4v) is 5.78. The molecule has 4 rings (SSSR count). The van der Waals surface area contributed by atoms with Gasteiger partial charge in [0.2, 0.25) is 0 Å². The van der Waals surface area contributed by atoms with Crippen LogP contribution in [0.1, 0.15) is 41.7 Å². The average Bonchev–Trinajstić information content (AvgIpc) is 3.52. The predicted octanol–water partition coefficient (Wildman–Crippen LogP) is 5.31. The smallest absolute Gasteiger partial charge is 0.325 e. The summed E-state index contributed by atoms with van der Waals surface area (Å²) in [6.45, 7) is 0. The molecule has 2 amide bonds. The maximum atomic E-state index is 13.0. The molecule has 1 fully saturated rings. The fraction of sp³-hybridized carbons (Fsp3) is 0.286. The first kappa shape index (κ1) is 23.3. The molecule has 33 heavy (non-hydrogen) atoms. The summed E-state index contributed by atoms with van der Waals surface area (Å²) in [5.74, 6) is -1.12. The second kappa shape index (κ2) is 10.4. The molecule has 0 unspecified atom stereocenters. The van der Waals surface area contributed by atoms with Gasteiger partial charge in [-0.3, -0.25) is 14.9 Å². The molecule has 1 aromatic carbocycles. The molecule has 12 heteroatoms. The summed E-state index contributed by atoms with van der Waals surface area (Å²) in [6.07, 6.45) is 6.65. The molecular formula is C21H20ClN5O4S2. The van der Waals surface area contributed by atoms with E-state index in [1.807, 2.05) is 0 Å². The number of benzene rings is 1. The van der Waals surface area contributed by atoms with Crippen molar-refractivity contribution in [3.63, 3.8) is 0 Å². The molecule has 0 spiro atoms. The molecule has 0 atom stereocenters. The predicted molar refractivity (Wildman–Crippen MR) is 127 cm³/mol. The molecule has 0 saturated heterocycles. The molecule has 2 aromatic heterocycles. The molecule has 2 heterocycles. The zero-order valence-electron chi connectivity index (χ0n) is 17.3. The molecule has 1 aliphatic rings. The standard InChI is InChI=1S/C21H20ClN5O4S2/c22-12-5-6-14(13(9-12)17(30)11-3-1-2-4-11)25-19(31)27-21-26-15(10-16(28)29)18(33-21)32-20-23-7-8-24-20/h5-9,11H,1-4,10H2,(H,23,24)(H,28,29)(H2,25,26,27,31). The first-order valence-corrected chi connectivity index (χ1v) is 12.2. The number of urea groups is 1. The van der Waals surface area contributed by atoms with Crippen LogP contribution in [0.25, 0.3) is 0 Å². The van der Waals surface area contributed by atoms with Crippen molar-refractivity contribution < 1.29 is 19.5 Å². The van der Waals surface area contributed by atoms with Crippen LogP contribution in [0, 0.1) is 5.92 Å². The molecule has 4 N–H and O–H groups in total. The van der Waals surface area contributed by atoms with Gasteiger partial charge in [0.05, 0.1) is 22.0 Å². The van der Waals surface area contributed by atoms with Crippen molar-refractivity contribution in [1.29, 1.82) is 0 Å². The Balaban J connectivity index is 1.50. The van der Waals surface area contributed by atoms with Gasteiger partial charge in [0.25, 0.3) is 0 Å². The molecule has 9 nitrogen and oxygen atoms in total. The van der Waals surface area contributed by atoms with Crippen molar-refractivity contribution in [3.05, 3.63) is 46.9 Å². The van der Waals surface area contributed by atoms with Crippen molar-refractivity contribution in [2.24, 2.45) is 5.92 Å². The number of carboxylic acid groups (broad SMARTS) is 1. The number of imidazole rings is 1. The summed E-state index contributed by atoms with van der Waals surface area (Å²) in [4.78, 5) is 48.2. The number of ketones is 1. The van der Waals surface area contributed by atoms with Gasteiger partial charge in [0, 0.05) is 28.9 Å². The first-order valence-electron chi connectivity index (χ1n) is 10.2. The number of aromatic amines is 1. The Morgan fingerprint density at radius 1 is 1.24 bits per heavy atom. The summed E-state index contributed by atoms with van der Waals surface area (Å²) < 4.78 is 0.603. The van der Waals surface area contributed by atoms with Crippen LogP contribution in [0.3, 0.4) is 0 Å². The van der Waals surface area contributed by atoms with Crippen LogP contribution in [0.2, 0.25) is 5.02 Å². The first-order chi connectivity index (χ1) is 15.9. The van der Waals surface area contributed by atoms with Crippen molar-refractivity contribution in [1.82, 2.24) is 15.0 Å². The van der Waals surface area contributed by atoms with E-state index in [1.165, 1.54) is 11.8 Å². The molecule has 1 aliphatic carbocycles. The molecule has 0 bridgehead atoms. The molecule has 172 valence electrons. The second-order valence-electron chi connectivity index (χ2n) is 7.43. The monoisotopic (exact) mass is 505 g/mol. The van der Waals surface area contributed by atoms with Gasteiger partial charge in [-0.1, -0.05) is 35.8 Å². The Labute approximate surface area is 202 Å². The number of anilines is 2. The Hall–Kier alpha value is -2.89. The number of hydrogen-bond donors (Lipinski definition) is 4. The molecular weight excluding hydrogens is 486 g/mol. The number of hydrogen-bond acceptors (Lipinski definition) is 7. The number of aliphatic carboxylic acids is 1. The normalized spacial score (nSPS) is 13.7. The quantitative estimate of drug-likeness (QED) is 0.304. The molecule has 3 aromatic rings. The number of carbonyl (C=O) groups is 3. The van der Waals surface area contributed by atoms with Crippen LogP contribution >= 0.6 is 34.7 Å². The summed E-state index contributed by atoms with van der Waals surface area (Å²) in [5, 5.41) is 15.7. The number of H-pyrrole nitrogens is 1. The van der Waals surface area contributed by atoms with Crippen LogP contribution < -0.4 is 10.6 Å². The highest BCUT2D eigenvalue weighted by molar-refractivity contribution is 8.01. The number of Topliss-reactive ketones (excluding diaryl/α,β-unsaturated/α-hetero) is 1. The van der Waals surface area contributed by atoms with Crippen LogP contribution in [-0.2, 0) is 11.2 Å². The number of carboxylic acids is 1. The van der Waals surface area contributed by atoms with Gasteiger partial charge >= 0.3 is 12.0 Å². The van der Waals surface area contributed by atoms with Crippen LogP contribution in [0.4, 0.5) is 15.6 Å². The van der Waals surface area contributed by atoms with Gasteiger partial charge in [-0.05, 0) is 42.8 Å². The van der Waals surface area contributed by atoms with Crippen molar-refractivity contribution in [2.75, 3.05) is 10.6 Å². The number of halogens is 1. The highest BCUT2D eigenvalue weighted by atomic mass is 35.5. The minimum absolute atomic E-state index is 0.0274. The summed E-state index contributed by atoms with van der Waals surface area (Å²) >= 11 is 8.48. The minimum atomic E-state index is -1.03. The summed E-state index contributed by atoms with van der Waals surface area (Å²) in [6, 6.07) is 4.18. The number of nitrogens with one attached hydrogen (secondary N) is 3. The number of nitrogens with zero attached hydrogens (tertiary/aromatic N) is 2. The van der Waals surface area contributed by atoms with E-state index in [1.54, 1.807) is 30.6 Å². The van der Waals surface area contributed by atoms with Gasteiger partial charge in [0.15, 0.2) is 16.1 Å². The Bertz CT molecular complexity index is 1180. The highest BCUT2D eigenvalue weighted by Gasteiger charge is 2.26. The van der Waals surface area contributed by atoms with Crippen LogP contribution in [-0.4, -0.2) is 37.8 Å². The lowest BCUT2D eigenvalue weighted by Crippen LogP contribution is -2.22. The van der Waals surface area contributed by atoms with Gasteiger partial charge in [-0.25, -0.2) is 14.8 Å². The lowest BCUT2D eigenvalue weighted by atomic mass is 9.95. The van der Waals surface area contributed by atoms with Crippen molar-refractivity contribution in [3.8, 4) is 0 Å². The van der Waals surface area contributed by atoms with E-state index in [2.05, 4.69) is 25.6 Å². The van der Waals surface area contributed by atoms with Gasteiger partial charge in [-0.15, -0.1) is 0 Å². The lowest BCUT2D eigenvalue weighted by molar-refractivity contribution is -0.136. The highest BCUT2D eigenvalue weighted by Crippen LogP contribution is 2.36. The summed E-state index contributed by atoms with van der Waals surface area (Å²) in [7, 11) is 0. The summed E-state index contributed by atoms with van der Waals surface area (Å²) in [5.41, 5.74) is 1.07. The zero-order valence-corrected chi connectivity index (χ0v) is 19.6. The van der Waals surface area contributed by atoms with Gasteiger partial charge in [0.1, 0.15) is 0 Å². The van der Waals surface area contributed by atoms with E-state index in [4.69, 9.17) is 11.6 Å². The lowest BCUT2D eigenvalue weighted by Gasteiger charge is -2.14. The maximum absolute atomic E-state index is 13.0. The zero-order chi connectivity index (χ0) is 23.4. The van der Waals surface area contributed by atoms with Gasteiger partial charge in [-0.2, -0.15) is 0 Å². The number of amides is 2. The SMILES string of the molecule is O=C(O)Cc1nc(NC(=O)Nc2ccc(Cl)cc2C(=O)C2CCCC2)sc1Sc1ncc[nH]1. The Morgan fingerprint density at radius 2 is 2.03 bits per heavy atom. The van der Waals surface area contributed by atoms with Crippen molar-refractivity contribution in [2.45, 2.75) is 41.5 Å². The van der Waals surface area contributed by atoms with Gasteiger partial charge < -0.3 is 15.4 Å². The third-order valence-corrected chi connectivity index (χ3v) is 7.46. The largest absolute Gasteiger partial charge is 0.481 e. The number of aromatic nitrogens is 3. The average molecular weight is 506 g/mol. The van der Waals surface area contributed by atoms with Crippen LogP contribution in [0.5, 0.6) is 0 Å². The van der Waals surface area contributed by atoms with E-state index < -0.39 is 12.0 Å². The third-order valence-electron chi connectivity index (χ3n) is 5.08. The van der Waals surface area contributed by atoms with E-state index >= 15 is 0 Å². The Morgan fingerprint density at radius 3 is 2.73 bits per heavy atom. The van der Waals surface area contributed by atoms with Crippen molar-refractivity contribution >= 4 is 63.3 Å². The number of thiazole rings is 1. The minimum Gasteiger partial charge on any atom is -0.481 e. The number of carbonyl (C=O) groups excluding carboxylic acids is 2. The van der Waals surface area contributed by atoms with E-state index in [-0.39, 0.29) is 23.3 Å². The number of rotatable bonds is 8. The van der Waals surface area contributed by atoms with E-state index in [0.717, 1.165) is 37.0 Å². The second-order valence-corrected chi connectivity index (χ2v) is 10.1. The topological polar surface area (TPSA) is 137 Å². The molecule has 0 aliphatic heterocycles. The molecule has 0 radical (unpaired) electrons. The fourth-order valence-electron chi connectivity index (χ4n) is 3.61. The third kappa shape index (κ3) is 5.92. The van der Waals surface area contributed by atoms with E-state index in [9.17, 15) is 19.5 Å². The van der Waals surface area contributed by atoms with Crippen LogP contribution in [0.15, 0.2) is 40.0 Å².